The smallest absolute Gasteiger partial charge is 0.197 e. The van der Waals surface area contributed by atoms with Crippen LogP contribution in [0.2, 0.25) is 5.15 Å². The SMILES string of the molecule is CCn1c(Sc2cc(Cl)nc(C3CC3)n2)nnc1-c1cccs1. The Kier molecular flexibility index (Phi) is 4.09. The first-order valence-electron chi connectivity index (χ1n) is 7.44. The van der Waals surface area contributed by atoms with E-state index in [1.807, 2.05) is 11.4 Å². The molecular weight excluding hydrogens is 350 g/mol. The minimum Gasteiger partial charge on any atom is -0.301 e. The first-order chi connectivity index (χ1) is 11.2. The fourth-order valence-corrected chi connectivity index (χ4v) is 4.20. The van der Waals surface area contributed by atoms with E-state index in [2.05, 4.69) is 37.7 Å². The van der Waals surface area contributed by atoms with E-state index in [1.54, 1.807) is 17.4 Å². The molecule has 1 aliphatic rings. The van der Waals surface area contributed by atoms with Crippen molar-refractivity contribution < 1.29 is 0 Å². The molecule has 0 aliphatic heterocycles. The summed E-state index contributed by atoms with van der Waals surface area (Å²) in [6.07, 6.45) is 2.30. The molecule has 0 spiro atoms. The van der Waals surface area contributed by atoms with E-state index in [4.69, 9.17) is 11.6 Å². The van der Waals surface area contributed by atoms with Gasteiger partial charge < -0.3 is 4.57 Å². The Morgan fingerprint density at radius 1 is 1.35 bits per heavy atom. The lowest BCUT2D eigenvalue weighted by molar-refractivity contribution is 0.687. The third-order valence-corrected chi connectivity index (χ3v) is 5.56. The Morgan fingerprint density at radius 3 is 2.91 bits per heavy atom. The van der Waals surface area contributed by atoms with E-state index < -0.39 is 0 Å². The number of hydrogen-bond acceptors (Lipinski definition) is 6. The van der Waals surface area contributed by atoms with E-state index in [9.17, 15) is 0 Å². The summed E-state index contributed by atoms with van der Waals surface area (Å²) >= 11 is 9.29. The predicted octanol–water partition coefficient (Wildman–Crippen LogP) is 4.50. The van der Waals surface area contributed by atoms with Crippen molar-refractivity contribution >= 4 is 34.7 Å². The normalized spacial score (nSPS) is 14.3. The van der Waals surface area contributed by atoms with Gasteiger partial charge in [0.05, 0.1) is 4.88 Å². The molecule has 0 bridgehead atoms. The summed E-state index contributed by atoms with van der Waals surface area (Å²) in [6, 6.07) is 5.87. The van der Waals surface area contributed by atoms with Crippen LogP contribution in [0.1, 0.15) is 31.5 Å². The molecule has 0 atom stereocenters. The Morgan fingerprint density at radius 2 is 2.22 bits per heavy atom. The molecule has 1 aliphatic carbocycles. The molecule has 3 heterocycles. The number of thiophene rings is 1. The van der Waals surface area contributed by atoms with Gasteiger partial charge in [-0.05, 0) is 43.0 Å². The van der Waals surface area contributed by atoms with Crippen molar-refractivity contribution in [3.8, 4) is 10.7 Å². The Hall–Kier alpha value is -1.44. The topological polar surface area (TPSA) is 56.5 Å². The molecule has 0 unspecified atom stereocenters. The lowest BCUT2D eigenvalue weighted by Crippen LogP contribution is -2.00. The van der Waals surface area contributed by atoms with Gasteiger partial charge in [0, 0.05) is 18.5 Å². The van der Waals surface area contributed by atoms with Crippen LogP contribution in [-0.4, -0.2) is 24.7 Å². The summed E-state index contributed by atoms with van der Waals surface area (Å²) in [5.41, 5.74) is 0. The van der Waals surface area contributed by atoms with Crippen LogP contribution in [0.25, 0.3) is 10.7 Å². The second-order valence-corrected chi connectivity index (χ2v) is 7.61. The van der Waals surface area contributed by atoms with Crippen molar-refractivity contribution in [3.63, 3.8) is 0 Å². The van der Waals surface area contributed by atoms with E-state index in [-0.39, 0.29) is 0 Å². The standard InChI is InChI=1S/C15H14ClN5S2/c1-2-21-14(10-4-3-7-22-10)19-20-15(21)23-12-8-11(16)17-13(18-12)9-5-6-9/h3-4,7-9H,2,5-6H2,1H3. The number of halogens is 1. The first kappa shape index (κ1) is 15.1. The van der Waals surface area contributed by atoms with Crippen molar-refractivity contribution in [2.75, 3.05) is 0 Å². The van der Waals surface area contributed by atoms with Gasteiger partial charge in [0.1, 0.15) is 16.0 Å². The van der Waals surface area contributed by atoms with E-state index in [0.717, 1.165) is 46.1 Å². The Balaban J connectivity index is 1.67. The van der Waals surface area contributed by atoms with Crippen LogP contribution in [0.4, 0.5) is 0 Å². The average Bonchev–Trinajstić information content (AvgIpc) is 3.10. The van der Waals surface area contributed by atoms with Crippen molar-refractivity contribution in [2.45, 2.75) is 42.4 Å². The largest absolute Gasteiger partial charge is 0.301 e. The summed E-state index contributed by atoms with van der Waals surface area (Å²) in [5, 5.41) is 12.9. The zero-order chi connectivity index (χ0) is 15.8. The van der Waals surface area contributed by atoms with Crippen LogP contribution >= 0.6 is 34.7 Å². The molecule has 5 nitrogen and oxygen atoms in total. The fraction of sp³-hybridized carbons (Fsp3) is 0.333. The highest BCUT2D eigenvalue weighted by atomic mass is 35.5. The van der Waals surface area contributed by atoms with Gasteiger partial charge in [-0.1, -0.05) is 17.7 Å². The van der Waals surface area contributed by atoms with Gasteiger partial charge in [0.15, 0.2) is 11.0 Å². The zero-order valence-corrected chi connectivity index (χ0v) is 14.8. The maximum absolute atomic E-state index is 6.14. The summed E-state index contributed by atoms with van der Waals surface area (Å²) in [5.74, 6) is 2.22. The van der Waals surface area contributed by atoms with Gasteiger partial charge in [0.25, 0.3) is 0 Å². The summed E-state index contributed by atoms with van der Waals surface area (Å²) in [7, 11) is 0. The number of aromatic nitrogens is 5. The van der Waals surface area contributed by atoms with Crippen molar-refractivity contribution in [2.24, 2.45) is 0 Å². The number of hydrogen-bond donors (Lipinski definition) is 0. The number of rotatable bonds is 5. The maximum atomic E-state index is 6.14. The molecule has 4 rings (SSSR count). The quantitative estimate of drug-likeness (QED) is 0.625. The Bertz CT molecular complexity index is 827. The fourth-order valence-electron chi connectivity index (χ4n) is 2.32. The molecule has 1 fully saturated rings. The molecular formula is C15H14ClN5S2. The van der Waals surface area contributed by atoms with Gasteiger partial charge in [-0.15, -0.1) is 21.5 Å². The summed E-state index contributed by atoms with van der Waals surface area (Å²) < 4.78 is 2.10. The monoisotopic (exact) mass is 363 g/mol. The van der Waals surface area contributed by atoms with Gasteiger partial charge in [-0.25, -0.2) is 9.97 Å². The van der Waals surface area contributed by atoms with Gasteiger partial charge >= 0.3 is 0 Å². The van der Waals surface area contributed by atoms with Crippen LogP contribution in [0.5, 0.6) is 0 Å². The minimum atomic E-state index is 0.471. The summed E-state index contributed by atoms with van der Waals surface area (Å²) in [6.45, 7) is 2.89. The average molecular weight is 364 g/mol. The van der Waals surface area contributed by atoms with E-state index >= 15 is 0 Å². The van der Waals surface area contributed by atoms with Crippen LogP contribution in [0, 0.1) is 0 Å². The maximum Gasteiger partial charge on any atom is 0.197 e. The molecule has 0 saturated heterocycles. The molecule has 23 heavy (non-hydrogen) atoms. The predicted molar refractivity (Wildman–Crippen MR) is 92.1 cm³/mol. The second-order valence-electron chi connectivity index (χ2n) is 5.29. The summed E-state index contributed by atoms with van der Waals surface area (Å²) in [4.78, 5) is 10.1. The lowest BCUT2D eigenvalue weighted by Gasteiger charge is -2.07. The molecule has 0 N–H and O–H groups in total. The molecule has 0 aromatic carbocycles. The van der Waals surface area contributed by atoms with Crippen LogP contribution < -0.4 is 0 Å². The van der Waals surface area contributed by atoms with Crippen molar-refractivity contribution in [3.05, 3.63) is 34.6 Å². The van der Waals surface area contributed by atoms with Gasteiger partial charge in [-0.3, -0.25) is 0 Å². The van der Waals surface area contributed by atoms with Crippen molar-refractivity contribution in [1.82, 2.24) is 24.7 Å². The zero-order valence-electron chi connectivity index (χ0n) is 12.4. The third kappa shape index (κ3) is 3.13. The van der Waals surface area contributed by atoms with Crippen LogP contribution in [0.15, 0.2) is 33.8 Å². The van der Waals surface area contributed by atoms with Crippen LogP contribution in [0.3, 0.4) is 0 Å². The molecule has 1 saturated carbocycles. The minimum absolute atomic E-state index is 0.471. The highest BCUT2D eigenvalue weighted by Gasteiger charge is 2.27. The molecule has 3 aromatic heterocycles. The van der Waals surface area contributed by atoms with Crippen molar-refractivity contribution in [1.29, 1.82) is 0 Å². The molecule has 3 aromatic rings. The first-order valence-corrected chi connectivity index (χ1v) is 9.51. The molecule has 0 radical (unpaired) electrons. The van der Waals surface area contributed by atoms with Gasteiger partial charge in [-0.2, -0.15) is 0 Å². The lowest BCUT2D eigenvalue weighted by atomic mass is 10.4. The van der Waals surface area contributed by atoms with Gasteiger partial charge in [0.2, 0.25) is 0 Å². The highest BCUT2D eigenvalue weighted by molar-refractivity contribution is 7.99. The highest BCUT2D eigenvalue weighted by Crippen LogP contribution is 2.39. The molecule has 8 heteroatoms. The van der Waals surface area contributed by atoms with Crippen LogP contribution in [-0.2, 0) is 6.54 Å². The molecule has 0 amide bonds. The molecule has 118 valence electrons. The third-order valence-electron chi connectivity index (χ3n) is 3.60. The Labute approximate surface area is 147 Å². The van der Waals surface area contributed by atoms with E-state index in [1.165, 1.54) is 11.8 Å². The van der Waals surface area contributed by atoms with E-state index in [0.29, 0.717) is 11.1 Å². The second kappa shape index (κ2) is 6.22. The number of nitrogens with zero attached hydrogens (tertiary/aromatic N) is 5.